The minimum atomic E-state index is -0.483. The van der Waals surface area contributed by atoms with E-state index in [1.165, 1.54) is 24.3 Å². The summed E-state index contributed by atoms with van der Waals surface area (Å²) in [6.45, 7) is 0. The van der Waals surface area contributed by atoms with Crippen LogP contribution in [0.1, 0.15) is 24.3 Å². The summed E-state index contributed by atoms with van der Waals surface area (Å²) in [5.74, 6) is 0.542. The average Bonchev–Trinajstić information content (AvgIpc) is 3.35. The summed E-state index contributed by atoms with van der Waals surface area (Å²) in [4.78, 5) is 19.7. The molecule has 1 saturated carbocycles. The summed E-state index contributed by atoms with van der Waals surface area (Å²) in [6.07, 6.45) is 2.31. The van der Waals surface area contributed by atoms with Crippen LogP contribution in [-0.2, 0) is 0 Å². The van der Waals surface area contributed by atoms with Crippen molar-refractivity contribution >= 4 is 38.7 Å². The van der Waals surface area contributed by atoms with Gasteiger partial charge in [-0.25, -0.2) is 0 Å². The van der Waals surface area contributed by atoms with Crippen LogP contribution < -0.4 is 11.5 Å². The molecule has 1 aliphatic carbocycles. The van der Waals surface area contributed by atoms with Gasteiger partial charge in [-0.2, -0.15) is 0 Å². The van der Waals surface area contributed by atoms with E-state index in [1.807, 2.05) is 0 Å². The molecule has 0 radical (unpaired) electrons. The zero-order valence-electron chi connectivity index (χ0n) is 12.5. The first-order valence-corrected chi connectivity index (χ1v) is 7.82. The lowest BCUT2D eigenvalue weighted by molar-refractivity contribution is -0.385. The van der Waals surface area contributed by atoms with Crippen molar-refractivity contribution in [1.29, 1.82) is 0 Å². The Morgan fingerprint density at radius 1 is 0.917 bits per heavy atom. The smallest absolute Gasteiger partial charge is 0.271 e. The number of hydrogen-bond donors (Lipinski definition) is 2. The van der Waals surface area contributed by atoms with E-state index in [1.54, 1.807) is 12.1 Å². The molecule has 0 heterocycles. The molecule has 3 rings (SSSR count). The number of non-ortho nitro benzene ring substituents is 2. The van der Waals surface area contributed by atoms with Gasteiger partial charge in [0.25, 0.3) is 11.4 Å². The Morgan fingerprint density at radius 3 is 1.83 bits per heavy atom. The number of halogens is 1. The second kappa shape index (κ2) is 7.26. The predicted molar refractivity (Wildman–Crippen MR) is 94.7 cm³/mol. The fourth-order valence-corrected chi connectivity index (χ4v) is 2.33. The summed E-state index contributed by atoms with van der Waals surface area (Å²) in [5.41, 5.74) is 13.2. The molecule has 2 aromatic rings. The van der Waals surface area contributed by atoms with Gasteiger partial charge in [-0.1, -0.05) is 0 Å². The first-order chi connectivity index (χ1) is 11.3. The van der Waals surface area contributed by atoms with Gasteiger partial charge in [0.1, 0.15) is 0 Å². The van der Waals surface area contributed by atoms with Gasteiger partial charge in [-0.05, 0) is 52.4 Å². The molecule has 0 aliphatic heterocycles. The zero-order valence-corrected chi connectivity index (χ0v) is 14.1. The van der Waals surface area contributed by atoms with Crippen molar-refractivity contribution in [3.63, 3.8) is 0 Å². The molecule has 24 heavy (non-hydrogen) atoms. The molecule has 8 nitrogen and oxygen atoms in total. The molecule has 9 heteroatoms. The fraction of sp³-hybridized carbons (Fsp3) is 0.200. The second-order valence-electron chi connectivity index (χ2n) is 5.31. The van der Waals surface area contributed by atoms with Gasteiger partial charge in [-0.15, -0.1) is 0 Å². The van der Waals surface area contributed by atoms with Crippen LogP contribution in [0, 0.1) is 20.2 Å². The van der Waals surface area contributed by atoms with Crippen LogP contribution in [0.4, 0.5) is 22.7 Å². The summed E-state index contributed by atoms with van der Waals surface area (Å²) in [6, 6.07) is 8.97. The van der Waals surface area contributed by atoms with E-state index >= 15 is 0 Å². The molecule has 0 aromatic heterocycles. The number of hydrogen-bond acceptors (Lipinski definition) is 6. The van der Waals surface area contributed by atoms with Gasteiger partial charge in [0.15, 0.2) is 0 Å². The lowest BCUT2D eigenvalue weighted by Gasteiger charge is -2.02. The summed E-state index contributed by atoms with van der Waals surface area (Å²) >= 11 is 3.13. The van der Waals surface area contributed by atoms with Crippen LogP contribution in [0.2, 0.25) is 0 Å². The minimum absolute atomic E-state index is 0.00528. The minimum Gasteiger partial charge on any atom is -0.398 e. The molecule has 126 valence electrons. The van der Waals surface area contributed by atoms with E-state index in [4.69, 9.17) is 11.5 Å². The van der Waals surface area contributed by atoms with Gasteiger partial charge in [0, 0.05) is 34.4 Å². The van der Waals surface area contributed by atoms with Crippen LogP contribution in [0.3, 0.4) is 0 Å². The molecule has 1 aliphatic rings. The molecular formula is C15H15BrN4O4. The van der Waals surface area contributed by atoms with E-state index in [-0.39, 0.29) is 11.4 Å². The van der Waals surface area contributed by atoms with Gasteiger partial charge in [0.2, 0.25) is 0 Å². The Labute approximate surface area is 145 Å². The number of nitro groups is 2. The number of nitrogens with two attached hydrogens (primary N) is 2. The molecule has 1 fully saturated rings. The van der Waals surface area contributed by atoms with Crippen molar-refractivity contribution in [2.24, 2.45) is 0 Å². The number of rotatable bonds is 3. The Balaban J connectivity index is 0.000000177. The Kier molecular flexibility index (Phi) is 5.35. The summed E-state index contributed by atoms with van der Waals surface area (Å²) in [7, 11) is 0. The number of anilines is 2. The SMILES string of the molecule is Nc1cc([N+](=O)[O-])ccc1Br.Nc1cc([N+](=O)[O-])ccc1C1CC1. The molecule has 0 atom stereocenters. The van der Waals surface area contributed by atoms with Gasteiger partial charge < -0.3 is 11.5 Å². The Morgan fingerprint density at radius 2 is 1.42 bits per heavy atom. The molecule has 0 bridgehead atoms. The van der Waals surface area contributed by atoms with Crippen molar-refractivity contribution in [2.45, 2.75) is 18.8 Å². The molecule has 0 unspecified atom stereocenters. The molecule has 2 aromatic carbocycles. The van der Waals surface area contributed by atoms with Gasteiger partial charge in [0.05, 0.1) is 15.5 Å². The van der Waals surface area contributed by atoms with E-state index in [0.29, 0.717) is 21.8 Å². The lowest BCUT2D eigenvalue weighted by atomic mass is 10.1. The largest absolute Gasteiger partial charge is 0.398 e. The first-order valence-electron chi connectivity index (χ1n) is 7.03. The Hall–Kier alpha value is -2.68. The van der Waals surface area contributed by atoms with Gasteiger partial charge in [-0.3, -0.25) is 20.2 Å². The third kappa shape index (κ3) is 4.42. The third-order valence-corrected chi connectivity index (χ3v) is 4.21. The van der Waals surface area contributed by atoms with Crippen molar-refractivity contribution < 1.29 is 9.85 Å². The highest BCUT2D eigenvalue weighted by Crippen LogP contribution is 2.43. The van der Waals surface area contributed by atoms with Crippen LogP contribution in [0.5, 0.6) is 0 Å². The van der Waals surface area contributed by atoms with E-state index in [0.717, 1.165) is 18.4 Å². The number of benzene rings is 2. The molecule has 0 amide bonds. The maximum absolute atomic E-state index is 10.4. The standard InChI is InChI=1S/C9H10N2O2.C6H5BrN2O2/c10-9-5-7(11(12)13)3-4-8(9)6-1-2-6;7-5-2-1-4(9(10)11)3-6(5)8/h3-6H,1-2,10H2;1-3H,8H2. The number of nitro benzene ring substituents is 2. The van der Waals surface area contributed by atoms with E-state index in [9.17, 15) is 20.2 Å². The number of nitrogen functional groups attached to an aromatic ring is 2. The lowest BCUT2D eigenvalue weighted by Crippen LogP contribution is -1.95. The quantitative estimate of drug-likeness (QED) is 0.458. The van der Waals surface area contributed by atoms with Crippen molar-refractivity contribution in [1.82, 2.24) is 0 Å². The molecule has 0 saturated heterocycles. The van der Waals surface area contributed by atoms with Crippen molar-refractivity contribution in [3.8, 4) is 0 Å². The molecule has 4 N–H and O–H groups in total. The maximum Gasteiger partial charge on any atom is 0.271 e. The van der Waals surface area contributed by atoms with E-state index < -0.39 is 9.85 Å². The monoisotopic (exact) mass is 394 g/mol. The molecule has 0 spiro atoms. The fourth-order valence-electron chi connectivity index (χ4n) is 2.09. The highest BCUT2D eigenvalue weighted by molar-refractivity contribution is 9.10. The Bertz CT molecular complexity index is 793. The van der Waals surface area contributed by atoms with Crippen LogP contribution in [0.15, 0.2) is 40.9 Å². The molecular weight excluding hydrogens is 380 g/mol. The number of nitrogens with zero attached hydrogens (tertiary/aromatic N) is 2. The highest BCUT2D eigenvalue weighted by atomic mass is 79.9. The van der Waals surface area contributed by atoms with Gasteiger partial charge >= 0.3 is 0 Å². The summed E-state index contributed by atoms with van der Waals surface area (Å²) < 4.78 is 0.670. The normalized spacial score (nSPS) is 12.9. The second-order valence-corrected chi connectivity index (χ2v) is 6.16. The first kappa shape index (κ1) is 17.7. The average molecular weight is 395 g/mol. The topological polar surface area (TPSA) is 138 Å². The summed E-state index contributed by atoms with van der Waals surface area (Å²) in [5, 5.41) is 20.6. The van der Waals surface area contributed by atoms with Crippen LogP contribution >= 0.6 is 15.9 Å². The van der Waals surface area contributed by atoms with E-state index in [2.05, 4.69) is 15.9 Å². The third-order valence-electron chi connectivity index (χ3n) is 3.49. The van der Waals surface area contributed by atoms with Crippen molar-refractivity contribution in [2.75, 3.05) is 11.5 Å². The maximum atomic E-state index is 10.4. The van der Waals surface area contributed by atoms with Crippen LogP contribution in [-0.4, -0.2) is 9.85 Å². The predicted octanol–water partition coefficient (Wildman–Crippen LogP) is 3.99. The highest BCUT2D eigenvalue weighted by Gasteiger charge is 2.26. The van der Waals surface area contributed by atoms with Crippen molar-refractivity contribution in [3.05, 3.63) is 66.7 Å². The zero-order chi connectivity index (χ0) is 17.9. The van der Waals surface area contributed by atoms with Crippen LogP contribution in [0.25, 0.3) is 0 Å².